The van der Waals surface area contributed by atoms with E-state index in [1.54, 1.807) is 21.3 Å². The van der Waals surface area contributed by atoms with Gasteiger partial charge >= 0.3 is 0 Å². The zero-order valence-corrected chi connectivity index (χ0v) is 9.63. The van der Waals surface area contributed by atoms with Crippen LogP contribution in [0, 0.1) is 0 Å². The van der Waals surface area contributed by atoms with Crippen molar-refractivity contribution in [2.75, 3.05) is 26.6 Å². The van der Waals surface area contributed by atoms with Crippen molar-refractivity contribution >= 4 is 11.6 Å². The van der Waals surface area contributed by atoms with E-state index in [-0.39, 0.29) is 0 Å². The molecule has 2 N–H and O–H groups in total. The number of guanidine groups is 1. The molecule has 0 atom stereocenters. The van der Waals surface area contributed by atoms with E-state index in [9.17, 15) is 0 Å². The summed E-state index contributed by atoms with van der Waals surface area (Å²) in [5.74, 6) is 2.22. The summed E-state index contributed by atoms with van der Waals surface area (Å²) in [5.41, 5.74) is 2.13. The lowest BCUT2D eigenvalue weighted by atomic mass is 10.1. The maximum atomic E-state index is 5.25. The predicted octanol–water partition coefficient (Wildman–Crippen LogP) is 1.20. The molecule has 1 heterocycles. The van der Waals surface area contributed by atoms with Gasteiger partial charge in [0.15, 0.2) is 17.5 Å². The first-order valence-corrected chi connectivity index (χ1v) is 5.01. The van der Waals surface area contributed by atoms with Crippen LogP contribution in [0.3, 0.4) is 0 Å². The van der Waals surface area contributed by atoms with Crippen molar-refractivity contribution in [3.8, 4) is 11.5 Å². The fourth-order valence-corrected chi connectivity index (χ4v) is 1.67. The van der Waals surface area contributed by atoms with Gasteiger partial charge in [-0.15, -0.1) is 0 Å². The Labute approximate surface area is 94.5 Å². The van der Waals surface area contributed by atoms with E-state index in [4.69, 9.17) is 9.47 Å². The summed E-state index contributed by atoms with van der Waals surface area (Å²) in [7, 11) is 4.99. The van der Waals surface area contributed by atoms with E-state index in [1.165, 1.54) is 0 Å². The van der Waals surface area contributed by atoms with Crippen molar-refractivity contribution in [1.29, 1.82) is 0 Å². The van der Waals surface area contributed by atoms with Crippen LogP contribution in [0.25, 0.3) is 0 Å². The van der Waals surface area contributed by atoms with Gasteiger partial charge in [0.1, 0.15) is 0 Å². The average molecular weight is 221 g/mol. The number of nitrogens with zero attached hydrogens (tertiary/aromatic N) is 1. The highest BCUT2D eigenvalue weighted by Gasteiger charge is 2.16. The molecule has 1 aliphatic rings. The van der Waals surface area contributed by atoms with Gasteiger partial charge in [-0.2, -0.15) is 0 Å². The first kappa shape index (κ1) is 10.6. The fraction of sp³-hybridized carbons (Fsp3) is 0.364. The van der Waals surface area contributed by atoms with Crippen molar-refractivity contribution in [2.24, 2.45) is 4.99 Å². The molecule has 2 rings (SSSR count). The summed E-state index contributed by atoms with van der Waals surface area (Å²) < 4.78 is 10.5. The van der Waals surface area contributed by atoms with E-state index < -0.39 is 0 Å². The molecule has 1 aromatic carbocycles. The average Bonchev–Trinajstić information content (AvgIpc) is 2.36. The Morgan fingerprint density at radius 1 is 1.19 bits per heavy atom. The second-order valence-electron chi connectivity index (χ2n) is 3.42. The number of hydrogen-bond donors (Lipinski definition) is 2. The van der Waals surface area contributed by atoms with Gasteiger partial charge in [0.05, 0.1) is 14.2 Å². The summed E-state index contributed by atoms with van der Waals surface area (Å²) in [4.78, 5) is 4.07. The van der Waals surface area contributed by atoms with Crippen LogP contribution in [-0.2, 0) is 6.54 Å². The fourth-order valence-electron chi connectivity index (χ4n) is 1.67. The maximum Gasteiger partial charge on any atom is 0.195 e. The number of rotatable bonds is 2. The summed E-state index contributed by atoms with van der Waals surface area (Å²) in [6, 6.07) is 3.88. The molecule has 16 heavy (non-hydrogen) atoms. The molecule has 0 saturated carbocycles. The third-order valence-corrected chi connectivity index (χ3v) is 2.53. The smallest absolute Gasteiger partial charge is 0.195 e. The van der Waals surface area contributed by atoms with Gasteiger partial charge < -0.3 is 20.1 Å². The van der Waals surface area contributed by atoms with Crippen molar-refractivity contribution in [1.82, 2.24) is 5.32 Å². The van der Waals surface area contributed by atoms with E-state index in [1.807, 2.05) is 12.1 Å². The van der Waals surface area contributed by atoms with Gasteiger partial charge in [-0.05, 0) is 11.6 Å². The predicted molar refractivity (Wildman–Crippen MR) is 63.4 cm³/mol. The Bertz CT molecular complexity index is 429. The minimum absolute atomic E-state index is 0.714. The van der Waals surface area contributed by atoms with Crippen LogP contribution >= 0.6 is 0 Å². The van der Waals surface area contributed by atoms with E-state index in [0.717, 1.165) is 29.5 Å². The number of anilines is 1. The molecule has 0 amide bonds. The molecular formula is C11H15N3O2. The molecule has 0 aliphatic carbocycles. The maximum absolute atomic E-state index is 5.25. The SMILES string of the molecule is CN=C1NCc2cc(OC)c(OC)cc2N1. The second-order valence-corrected chi connectivity index (χ2v) is 3.42. The van der Waals surface area contributed by atoms with Gasteiger partial charge in [0.25, 0.3) is 0 Å². The van der Waals surface area contributed by atoms with E-state index in [2.05, 4.69) is 15.6 Å². The van der Waals surface area contributed by atoms with Crippen molar-refractivity contribution in [2.45, 2.75) is 6.54 Å². The molecule has 86 valence electrons. The van der Waals surface area contributed by atoms with Crippen LogP contribution in [0.2, 0.25) is 0 Å². The summed E-state index contributed by atoms with van der Waals surface area (Å²) >= 11 is 0. The molecule has 0 unspecified atom stereocenters. The van der Waals surface area contributed by atoms with Crippen LogP contribution in [0.5, 0.6) is 11.5 Å². The molecule has 0 fully saturated rings. The molecule has 0 bridgehead atoms. The Morgan fingerprint density at radius 3 is 2.50 bits per heavy atom. The standard InChI is InChI=1S/C11H15N3O2/c1-12-11-13-6-7-4-9(15-2)10(16-3)5-8(7)14-11/h4-5H,6H2,1-3H3,(H2,12,13,14). The molecule has 0 saturated heterocycles. The number of nitrogens with one attached hydrogen (secondary N) is 2. The van der Waals surface area contributed by atoms with Gasteiger partial charge in [-0.3, -0.25) is 4.99 Å². The molecule has 0 spiro atoms. The zero-order valence-electron chi connectivity index (χ0n) is 9.63. The Balaban J connectivity index is 2.41. The summed E-state index contributed by atoms with van der Waals surface area (Å²) in [6.07, 6.45) is 0. The quantitative estimate of drug-likeness (QED) is 0.788. The van der Waals surface area contributed by atoms with Crippen LogP contribution in [-0.4, -0.2) is 27.2 Å². The lowest BCUT2D eigenvalue weighted by Crippen LogP contribution is -2.35. The van der Waals surface area contributed by atoms with Gasteiger partial charge in [0.2, 0.25) is 0 Å². The second kappa shape index (κ2) is 4.30. The number of aliphatic imine (C=N–C) groups is 1. The Kier molecular flexibility index (Phi) is 2.85. The molecule has 0 radical (unpaired) electrons. The summed E-state index contributed by atoms with van der Waals surface area (Å²) in [5, 5.41) is 6.33. The molecule has 5 heteroatoms. The third-order valence-electron chi connectivity index (χ3n) is 2.53. The topological polar surface area (TPSA) is 54.9 Å². The number of methoxy groups -OCH3 is 2. The van der Waals surface area contributed by atoms with Crippen LogP contribution in [0.1, 0.15) is 5.56 Å². The number of fused-ring (bicyclic) bond motifs is 1. The lowest BCUT2D eigenvalue weighted by Gasteiger charge is -2.22. The molecule has 5 nitrogen and oxygen atoms in total. The summed E-state index contributed by atoms with van der Waals surface area (Å²) in [6.45, 7) is 0.732. The van der Waals surface area contributed by atoms with Gasteiger partial charge in [0, 0.05) is 25.3 Å². The minimum atomic E-state index is 0.714. The highest BCUT2D eigenvalue weighted by Crippen LogP contribution is 2.34. The van der Waals surface area contributed by atoms with Crippen LogP contribution in [0.15, 0.2) is 17.1 Å². The largest absolute Gasteiger partial charge is 0.493 e. The van der Waals surface area contributed by atoms with E-state index >= 15 is 0 Å². The molecular weight excluding hydrogens is 206 g/mol. The molecule has 0 aromatic heterocycles. The lowest BCUT2D eigenvalue weighted by molar-refractivity contribution is 0.354. The zero-order chi connectivity index (χ0) is 11.5. The number of hydrogen-bond acceptors (Lipinski definition) is 3. The number of ether oxygens (including phenoxy) is 2. The third kappa shape index (κ3) is 1.76. The highest BCUT2D eigenvalue weighted by atomic mass is 16.5. The van der Waals surface area contributed by atoms with Gasteiger partial charge in [-0.25, -0.2) is 0 Å². The molecule has 1 aromatic rings. The Hall–Kier alpha value is -1.91. The van der Waals surface area contributed by atoms with Crippen LogP contribution in [0.4, 0.5) is 5.69 Å². The normalized spacial score (nSPS) is 16.1. The molecule has 1 aliphatic heterocycles. The number of benzene rings is 1. The first-order valence-electron chi connectivity index (χ1n) is 5.01. The van der Waals surface area contributed by atoms with Gasteiger partial charge in [-0.1, -0.05) is 0 Å². The van der Waals surface area contributed by atoms with Crippen LogP contribution < -0.4 is 20.1 Å². The first-order chi connectivity index (χ1) is 7.78. The Morgan fingerprint density at radius 2 is 1.88 bits per heavy atom. The highest BCUT2D eigenvalue weighted by molar-refractivity contribution is 5.96. The minimum Gasteiger partial charge on any atom is -0.493 e. The van der Waals surface area contributed by atoms with Crippen molar-refractivity contribution in [3.63, 3.8) is 0 Å². The monoisotopic (exact) mass is 221 g/mol. The van der Waals surface area contributed by atoms with Crippen molar-refractivity contribution < 1.29 is 9.47 Å². The van der Waals surface area contributed by atoms with Crippen molar-refractivity contribution in [3.05, 3.63) is 17.7 Å². The van der Waals surface area contributed by atoms with E-state index in [0.29, 0.717) is 5.75 Å².